The molecule has 1 heterocycles. The summed E-state index contributed by atoms with van der Waals surface area (Å²) in [6, 6.07) is 0. The molecule has 0 saturated carbocycles. The van der Waals surface area contributed by atoms with Crippen LogP contribution in [0.3, 0.4) is 0 Å². The number of carbonyl (C=O) groups is 2. The maximum absolute atomic E-state index is 11.6. The van der Waals surface area contributed by atoms with Crippen LogP contribution in [0.2, 0.25) is 0 Å². The second-order valence-electron chi connectivity index (χ2n) is 4.46. The molecule has 1 rings (SSSR count). The zero-order valence-corrected chi connectivity index (χ0v) is 10.4. The Balaban J connectivity index is 2.79. The Labute approximate surface area is 100 Å². The van der Waals surface area contributed by atoms with Crippen molar-refractivity contribution < 1.29 is 24.2 Å². The first-order chi connectivity index (χ1) is 7.87. The number of carbonyl (C=O) groups excluding carboxylic acids is 2. The first-order valence-electron chi connectivity index (χ1n) is 5.76. The van der Waals surface area contributed by atoms with Gasteiger partial charge in [0.15, 0.2) is 5.57 Å². The molecular formula is C12H18O5. The van der Waals surface area contributed by atoms with Gasteiger partial charge in [-0.3, -0.25) is 0 Å². The number of aliphatic hydroxyl groups is 1. The lowest BCUT2D eigenvalue weighted by Crippen LogP contribution is -2.42. The predicted molar refractivity (Wildman–Crippen MR) is 60.1 cm³/mol. The highest BCUT2D eigenvalue weighted by molar-refractivity contribution is 6.15. The van der Waals surface area contributed by atoms with E-state index in [1.54, 1.807) is 0 Å². The second-order valence-corrected chi connectivity index (χ2v) is 4.46. The Morgan fingerprint density at radius 1 is 1.18 bits per heavy atom. The maximum Gasteiger partial charge on any atom is 0.352 e. The molecule has 96 valence electrons. The molecule has 0 spiro atoms. The molecule has 0 radical (unpaired) electrons. The van der Waals surface area contributed by atoms with Crippen LogP contribution in [0.25, 0.3) is 0 Å². The largest absolute Gasteiger partial charge is 0.511 e. The number of ether oxygens (including phenoxy) is 2. The number of hydrogen-bond donors (Lipinski definition) is 1. The Bertz CT molecular complexity index is 332. The van der Waals surface area contributed by atoms with Gasteiger partial charge in [0, 0.05) is 20.3 Å². The smallest absolute Gasteiger partial charge is 0.352 e. The third-order valence-corrected chi connectivity index (χ3v) is 2.39. The molecule has 0 atom stereocenters. The monoisotopic (exact) mass is 242 g/mol. The standard InChI is InChI=1S/C12H18O5/c1-4-5-6-7-8(13)9-10(14)16-12(2,3)17-11(9)15/h13H,4-7H2,1-3H3. The number of rotatable bonds is 4. The highest BCUT2D eigenvalue weighted by Gasteiger charge is 2.40. The molecule has 1 N–H and O–H groups in total. The zero-order valence-electron chi connectivity index (χ0n) is 10.4. The third kappa shape index (κ3) is 3.47. The fraction of sp³-hybridized carbons (Fsp3) is 0.667. The van der Waals surface area contributed by atoms with Gasteiger partial charge in [-0.2, -0.15) is 0 Å². The Kier molecular flexibility index (Phi) is 4.15. The van der Waals surface area contributed by atoms with Crippen LogP contribution in [0.15, 0.2) is 11.3 Å². The van der Waals surface area contributed by atoms with Crippen LogP contribution in [0.5, 0.6) is 0 Å². The summed E-state index contributed by atoms with van der Waals surface area (Å²) < 4.78 is 9.77. The second kappa shape index (κ2) is 5.21. The first kappa shape index (κ1) is 13.5. The van der Waals surface area contributed by atoms with Crippen molar-refractivity contribution in [2.75, 3.05) is 0 Å². The van der Waals surface area contributed by atoms with Gasteiger partial charge in [0.05, 0.1) is 0 Å². The third-order valence-electron chi connectivity index (χ3n) is 2.39. The molecular weight excluding hydrogens is 224 g/mol. The Hall–Kier alpha value is -1.52. The summed E-state index contributed by atoms with van der Waals surface area (Å²) in [7, 11) is 0. The topological polar surface area (TPSA) is 72.8 Å². The van der Waals surface area contributed by atoms with Crippen molar-refractivity contribution >= 4 is 11.9 Å². The van der Waals surface area contributed by atoms with Crippen molar-refractivity contribution in [2.24, 2.45) is 0 Å². The van der Waals surface area contributed by atoms with Gasteiger partial charge in [0.2, 0.25) is 0 Å². The predicted octanol–water partition coefficient (Wildman–Crippen LogP) is 2.21. The number of hydrogen-bond acceptors (Lipinski definition) is 5. The SMILES string of the molecule is CCCCCC(O)=C1C(=O)OC(C)(C)OC1=O. The number of unbranched alkanes of at least 4 members (excludes halogenated alkanes) is 2. The van der Waals surface area contributed by atoms with E-state index in [2.05, 4.69) is 0 Å². The number of esters is 2. The molecule has 0 aromatic carbocycles. The van der Waals surface area contributed by atoms with Crippen molar-refractivity contribution in [3.05, 3.63) is 11.3 Å². The average molecular weight is 242 g/mol. The van der Waals surface area contributed by atoms with Gasteiger partial charge >= 0.3 is 11.9 Å². The molecule has 1 fully saturated rings. The lowest BCUT2D eigenvalue weighted by atomic mass is 10.1. The van der Waals surface area contributed by atoms with E-state index < -0.39 is 17.7 Å². The van der Waals surface area contributed by atoms with Crippen LogP contribution in [-0.2, 0) is 19.1 Å². The van der Waals surface area contributed by atoms with E-state index in [9.17, 15) is 14.7 Å². The van der Waals surface area contributed by atoms with E-state index in [4.69, 9.17) is 9.47 Å². The molecule has 0 aliphatic carbocycles. The van der Waals surface area contributed by atoms with Crippen LogP contribution in [0.1, 0.15) is 46.5 Å². The van der Waals surface area contributed by atoms with Crippen LogP contribution < -0.4 is 0 Å². The van der Waals surface area contributed by atoms with Gasteiger partial charge in [0.1, 0.15) is 5.76 Å². The zero-order chi connectivity index (χ0) is 13.1. The minimum absolute atomic E-state index is 0.246. The first-order valence-corrected chi connectivity index (χ1v) is 5.76. The Morgan fingerprint density at radius 2 is 1.71 bits per heavy atom. The minimum atomic E-state index is -1.26. The summed E-state index contributed by atoms with van der Waals surface area (Å²) in [4.78, 5) is 23.1. The van der Waals surface area contributed by atoms with Crippen LogP contribution in [0.4, 0.5) is 0 Å². The summed E-state index contributed by atoms with van der Waals surface area (Å²) >= 11 is 0. The van der Waals surface area contributed by atoms with Crippen LogP contribution >= 0.6 is 0 Å². The van der Waals surface area contributed by atoms with Crippen LogP contribution in [-0.4, -0.2) is 22.8 Å². The molecule has 0 aromatic heterocycles. The van der Waals surface area contributed by atoms with E-state index in [0.717, 1.165) is 19.3 Å². The van der Waals surface area contributed by atoms with Crippen molar-refractivity contribution in [1.82, 2.24) is 0 Å². The molecule has 17 heavy (non-hydrogen) atoms. The van der Waals surface area contributed by atoms with Crippen molar-refractivity contribution in [3.8, 4) is 0 Å². The Morgan fingerprint density at radius 3 is 2.18 bits per heavy atom. The van der Waals surface area contributed by atoms with E-state index >= 15 is 0 Å². The number of cyclic esters (lactones) is 2. The summed E-state index contributed by atoms with van der Waals surface area (Å²) in [6.07, 6.45) is 2.92. The van der Waals surface area contributed by atoms with Gasteiger partial charge in [-0.25, -0.2) is 9.59 Å². The minimum Gasteiger partial charge on any atom is -0.511 e. The lowest BCUT2D eigenvalue weighted by molar-refractivity contribution is -0.222. The van der Waals surface area contributed by atoms with E-state index in [0.29, 0.717) is 0 Å². The molecule has 1 aliphatic heterocycles. The summed E-state index contributed by atoms with van der Waals surface area (Å²) in [6.45, 7) is 4.96. The maximum atomic E-state index is 11.6. The molecule has 5 nitrogen and oxygen atoms in total. The van der Waals surface area contributed by atoms with Gasteiger partial charge in [0.25, 0.3) is 5.79 Å². The fourth-order valence-electron chi connectivity index (χ4n) is 1.56. The van der Waals surface area contributed by atoms with Crippen molar-refractivity contribution in [2.45, 2.75) is 52.2 Å². The van der Waals surface area contributed by atoms with Crippen molar-refractivity contribution in [1.29, 1.82) is 0 Å². The molecule has 0 amide bonds. The molecule has 0 aromatic rings. The van der Waals surface area contributed by atoms with Gasteiger partial charge < -0.3 is 14.6 Å². The van der Waals surface area contributed by atoms with E-state index in [-0.39, 0.29) is 17.8 Å². The lowest BCUT2D eigenvalue weighted by Gasteiger charge is -2.30. The fourth-order valence-corrected chi connectivity index (χ4v) is 1.56. The van der Waals surface area contributed by atoms with Crippen LogP contribution in [0, 0.1) is 0 Å². The average Bonchev–Trinajstić information content (AvgIpc) is 2.14. The number of allylic oxidation sites excluding steroid dienone is 1. The summed E-state index contributed by atoms with van der Waals surface area (Å²) in [5.74, 6) is -3.15. The van der Waals surface area contributed by atoms with E-state index in [1.807, 2.05) is 6.92 Å². The van der Waals surface area contributed by atoms with Gasteiger partial charge in [-0.05, 0) is 6.42 Å². The summed E-state index contributed by atoms with van der Waals surface area (Å²) in [5.41, 5.74) is -0.375. The quantitative estimate of drug-likeness (QED) is 0.269. The number of aliphatic hydroxyl groups excluding tert-OH is 1. The van der Waals surface area contributed by atoms with Gasteiger partial charge in [-0.1, -0.05) is 19.8 Å². The molecule has 0 unspecified atom stereocenters. The normalized spacial score (nSPS) is 18.6. The van der Waals surface area contributed by atoms with Gasteiger partial charge in [-0.15, -0.1) is 0 Å². The highest BCUT2D eigenvalue weighted by atomic mass is 16.7. The molecule has 5 heteroatoms. The molecule has 1 aliphatic rings. The molecule has 1 saturated heterocycles. The van der Waals surface area contributed by atoms with E-state index in [1.165, 1.54) is 13.8 Å². The molecule has 0 bridgehead atoms. The highest BCUT2D eigenvalue weighted by Crippen LogP contribution is 2.25. The van der Waals surface area contributed by atoms with Crippen molar-refractivity contribution in [3.63, 3.8) is 0 Å². The summed E-state index contributed by atoms with van der Waals surface area (Å²) in [5, 5.41) is 9.69.